The minimum Gasteiger partial charge on any atom is -0.505 e. The third-order valence-corrected chi connectivity index (χ3v) is 6.10. The SMILES string of the molecule is CC.CCCN=C(N)C1=C(N)C=CC(/C(C)=C/C=C(\C)CNc2ncccc2C(=O)Nc2ccc(O)c(F)c2)C1. The molecule has 9 heteroatoms. The molecule has 3 rings (SSSR count). The lowest BCUT2D eigenvalue weighted by molar-refractivity contribution is 0.102. The van der Waals surface area contributed by atoms with Crippen LogP contribution in [0.2, 0.25) is 0 Å². The third kappa shape index (κ3) is 9.11. The lowest BCUT2D eigenvalue weighted by Gasteiger charge is -2.21. The molecule has 0 bridgehead atoms. The van der Waals surface area contributed by atoms with E-state index in [4.69, 9.17) is 11.5 Å². The minimum absolute atomic E-state index is 0.167. The molecule has 1 heterocycles. The Hall–Kier alpha value is -4.40. The number of halogens is 1. The highest BCUT2D eigenvalue weighted by atomic mass is 19.1. The number of nitrogens with one attached hydrogen (secondary N) is 2. The van der Waals surface area contributed by atoms with Crippen molar-refractivity contribution in [2.75, 3.05) is 23.7 Å². The van der Waals surface area contributed by atoms with Gasteiger partial charge in [-0.15, -0.1) is 0 Å². The van der Waals surface area contributed by atoms with Gasteiger partial charge < -0.3 is 27.2 Å². The number of aromatic hydroxyl groups is 1. The van der Waals surface area contributed by atoms with E-state index in [9.17, 15) is 14.3 Å². The number of aliphatic imine (C=N–C) groups is 1. The summed E-state index contributed by atoms with van der Waals surface area (Å²) < 4.78 is 13.6. The van der Waals surface area contributed by atoms with Gasteiger partial charge in [0.25, 0.3) is 5.91 Å². The van der Waals surface area contributed by atoms with Crippen molar-refractivity contribution in [2.45, 2.75) is 47.5 Å². The molecule has 0 saturated heterocycles. The lowest BCUT2D eigenvalue weighted by atomic mass is 9.86. The normalized spacial score (nSPS) is 15.8. The number of amides is 1. The Morgan fingerprint density at radius 1 is 1.25 bits per heavy atom. The molecule has 40 heavy (non-hydrogen) atoms. The molecule has 0 radical (unpaired) electrons. The van der Waals surface area contributed by atoms with Crippen molar-refractivity contribution in [1.29, 1.82) is 0 Å². The predicted octanol–water partition coefficient (Wildman–Crippen LogP) is 6.07. The number of allylic oxidation sites excluding steroid dienone is 5. The molecule has 0 aliphatic heterocycles. The molecule has 0 saturated carbocycles. The summed E-state index contributed by atoms with van der Waals surface area (Å²) in [6.45, 7) is 11.2. The highest BCUT2D eigenvalue weighted by Gasteiger charge is 2.19. The summed E-state index contributed by atoms with van der Waals surface area (Å²) in [6, 6.07) is 6.94. The number of benzene rings is 1. The van der Waals surface area contributed by atoms with E-state index in [1.165, 1.54) is 12.1 Å². The van der Waals surface area contributed by atoms with Crippen LogP contribution in [0.15, 0.2) is 88.2 Å². The molecule has 8 nitrogen and oxygen atoms in total. The summed E-state index contributed by atoms with van der Waals surface area (Å²) >= 11 is 0. The quantitative estimate of drug-likeness (QED) is 0.106. The number of aromatic nitrogens is 1. The van der Waals surface area contributed by atoms with Crippen LogP contribution in [0.5, 0.6) is 5.75 Å². The van der Waals surface area contributed by atoms with Gasteiger partial charge in [0.1, 0.15) is 11.7 Å². The number of rotatable bonds is 10. The van der Waals surface area contributed by atoms with Crippen LogP contribution < -0.4 is 22.1 Å². The van der Waals surface area contributed by atoms with E-state index >= 15 is 0 Å². The van der Waals surface area contributed by atoms with Crippen LogP contribution in [0.25, 0.3) is 0 Å². The molecule has 1 aliphatic rings. The molecule has 0 fully saturated rings. The molecule has 0 spiro atoms. The van der Waals surface area contributed by atoms with Crippen LogP contribution in [0.3, 0.4) is 0 Å². The van der Waals surface area contributed by atoms with E-state index in [-0.39, 0.29) is 11.6 Å². The maximum Gasteiger partial charge on any atom is 0.259 e. The van der Waals surface area contributed by atoms with E-state index in [0.29, 0.717) is 42.4 Å². The van der Waals surface area contributed by atoms with E-state index in [2.05, 4.69) is 46.6 Å². The summed E-state index contributed by atoms with van der Waals surface area (Å²) in [5, 5.41) is 15.2. The van der Waals surface area contributed by atoms with Crippen molar-refractivity contribution in [1.82, 2.24) is 4.98 Å². The Kier molecular flexibility index (Phi) is 12.6. The smallest absolute Gasteiger partial charge is 0.259 e. The van der Waals surface area contributed by atoms with Crippen molar-refractivity contribution in [3.8, 4) is 5.75 Å². The van der Waals surface area contributed by atoms with Gasteiger partial charge in [0.15, 0.2) is 11.6 Å². The van der Waals surface area contributed by atoms with Crippen LogP contribution in [0, 0.1) is 11.7 Å². The Bertz CT molecular complexity index is 1330. The van der Waals surface area contributed by atoms with Crippen LogP contribution in [-0.2, 0) is 0 Å². The van der Waals surface area contributed by atoms with Gasteiger partial charge in [-0.1, -0.05) is 50.1 Å². The molecular formula is C31H41FN6O2. The second-order valence-electron chi connectivity index (χ2n) is 9.17. The fraction of sp³-hybridized carbons (Fsp3) is 0.323. The first-order valence-corrected chi connectivity index (χ1v) is 13.5. The zero-order valence-electron chi connectivity index (χ0n) is 24.0. The number of anilines is 2. The van der Waals surface area contributed by atoms with E-state index < -0.39 is 17.5 Å². The largest absolute Gasteiger partial charge is 0.505 e. The Balaban J connectivity index is 0.00000274. The summed E-state index contributed by atoms with van der Waals surface area (Å²) in [5.41, 5.74) is 16.6. The van der Waals surface area contributed by atoms with Gasteiger partial charge in [-0.3, -0.25) is 9.79 Å². The standard InChI is InChI=1S/C29H35FN6O2.C2H6/c1-4-13-33-27(32)23-15-20(9-11-25(23)31)19(3)8-7-18(2)17-35-28-22(6-5-14-34-28)29(38)36-21-10-12-26(37)24(30)16-21;1-2/h5-12,14,16,20,37H,4,13,15,17,31H2,1-3H3,(H2,32,33)(H,34,35)(H,36,38);1-2H3/b18-7+,19-8+;. The topological polar surface area (TPSA) is 139 Å². The average molecular weight is 549 g/mol. The van der Waals surface area contributed by atoms with Gasteiger partial charge in [0.2, 0.25) is 0 Å². The number of carbonyl (C=O) groups excluding carboxylic acids is 1. The highest BCUT2D eigenvalue weighted by molar-refractivity contribution is 6.07. The van der Waals surface area contributed by atoms with Gasteiger partial charge in [-0.05, 0) is 57.0 Å². The van der Waals surface area contributed by atoms with Crippen LogP contribution in [-0.4, -0.2) is 34.9 Å². The number of hydrogen-bond acceptors (Lipinski definition) is 6. The Morgan fingerprint density at radius 2 is 2.00 bits per heavy atom. The van der Waals surface area contributed by atoms with Gasteiger partial charge in [-0.2, -0.15) is 0 Å². The van der Waals surface area contributed by atoms with Crippen LogP contribution in [0.4, 0.5) is 15.9 Å². The molecule has 1 amide bonds. The van der Waals surface area contributed by atoms with Crippen molar-refractivity contribution < 1.29 is 14.3 Å². The number of carbonyl (C=O) groups is 1. The van der Waals surface area contributed by atoms with Crippen LogP contribution in [0.1, 0.15) is 57.8 Å². The van der Waals surface area contributed by atoms with Crippen molar-refractivity contribution in [2.24, 2.45) is 22.4 Å². The molecule has 1 atom stereocenters. The molecule has 2 aromatic rings. The number of phenols is 1. The zero-order chi connectivity index (χ0) is 29.7. The molecule has 7 N–H and O–H groups in total. The first kappa shape index (κ1) is 31.8. The fourth-order valence-corrected chi connectivity index (χ4v) is 3.81. The van der Waals surface area contributed by atoms with E-state index in [0.717, 1.165) is 29.2 Å². The maximum atomic E-state index is 13.6. The summed E-state index contributed by atoms with van der Waals surface area (Å²) in [6.07, 6.45) is 11.3. The van der Waals surface area contributed by atoms with Crippen LogP contribution >= 0.6 is 0 Å². The second kappa shape index (κ2) is 15.9. The van der Waals surface area contributed by atoms with Gasteiger partial charge in [0.05, 0.1) is 5.56 Å². The van der Waals surface area contributed by atoms with Gasteiger partial charge in [0, 0.05) is 48.2 Å². The van der Waals surface area contributed by atoms with Gasteiger partial charge >= 0.3 is 0 Å². The predicted molar refractivity (Wildman–Crippen MR) is 163 cm³/mol. The molecule has 1 aromatic heterocycles. The maximum absolute atomic E-state index is 13.6. The number of phenolic OH excluding ortho intramolecular Hbond substituents is 1. The first-order valence-electron chi connectivity index (χ1n) is 13.5. The molecule has 1 aliphatic carbocycles. The fourth-order valence-electron chi connectivity index (χ4n) is 3.81. The molecular weight excluding hydrogens is 507 g/mol. The summed E-state index contributed by atoms with van der Waals surface area (Å²) in [7, 11) is 0. The Labute approximate surface area is 236 Å². The van der Waals surface area contributed by atoms with Crippen molar-refractivity contribution in [3.05, 3.63) is 94.6 Å². The first-order chi connectivity index (χ1) is 19.2. The number of nitrogens with zero attached hydrogens (tertiary/aromatic N) is 2. The monoisotopic (exact) mass is 548 g/mol. The summed E-state index contributed by atoms with van der Waals surface area (Å²) in [4.78, 5) is 21.5. The zero-order valence-corrected chi connectivity index (χ0v) is 24.0. The average Bonchev–Trinajstić information content (AvgIpc) is 2.96. The van der Waals surface area contributed by atoms with Gasteiger partial charge in [-0.25, -0.2) is 9.37 Å². The summed E-state index contributed by atoms with van der Waals surface area (Å²) in [5.74, 6) is -0.668. The number of amidine groups is 1. The number of nitrogens with two attached hydrogens (primary N) is 2. The third-order valence-electron chi connectivity index (χ3n) is 6.10. The van der Waals surface area contributed by atoms with E-state index in [1.807, 2.05) is 32.9 Å². The Morgan fingerprint density at radius 3 is 2.70 bits per heavy atom. The minimum atomic E-state index is -0.816. The molecule has 214 valence electrons. The van der Waals surface area contributed by atoms with Crippen molar-refractivity contribution in [3.63, 3.8) is 0 Å². The second-order valence-corrected chi connectivity index (χ2v) is 9.17. The molecule has 1 aromatic carbocycles. The number of hydrogen-bond donors (Lipinski definition) is 5. The van der Waals surface area contributed by atoms with Crippen molar-refractivity contribution >= 4 is 23.2 Å². The van der Waals surface area contributed by atoms with E-state index in [1.54, 1.807) is 18.3 Å². The highest BCUT2D eigenvalue weighted by Crippen LogP contribution is 2.27. The number of pyridine rings is 1. The lowest BCUT2D eigenvalue weighted by Crippen LogP contribution is -2.23. The molecule has 1 unspecified atom stereocenters.